The van der Waals surface area contributed by atoms with Crippen molar-refractivity contribution >= 4 is 35.6 Å². The van der Waals surface area contributed by atoms with Crippen molar-refractivity contribution in [3.05, 3.63) is 95.9 Å². The minimum atomic E-state index is 0. The number of hydrogen-bond acceptors (Lipinski definition) is 4. The fourth-order valence-electron chi connectivity index (χ4n) is 3.19. The van der Waals surface area contributed by atoms with Crippen LogP contribution in [0, 0.1) is 0 Å². The molecule has 0 aliphatic rings. The van der Waals surface area contributed by atoms with Crippen molar-refractivity contribution in [2.24, 2.45) is 4.99 Å². The first kappa shape index (κ1) is 23.5. The van der Waals surface area contributed by atoms with E-state index in [0.717, 1.165) is 40.9 Å². The summed E-state index contributed by atoms with van der Waals surface area (Å²) in [6.45, 7) is 4.44. The van der Waals surface area contributed by atoms with Gasteiger partial charge in [0.15, 0.2) is 17.4 Å². The molecule has 0 saturated carbocycles. The highest BCUT2D eigenvalue weighted by atomic mass is 127. The smallest absolute Gasteiger partial charge is 0.191 e. The minimum Gasteiger partial charge on any atom is -0.489 e. The predicted molar refractivity (Wildman–Crippen MR) is 137 cm³/mol. The first-order chi connectivity index (χ1) is 15.3. The van der Waals surface area contributed by atoms with E-state index < -0.39 is 0 Å². The minimum absolute atomic E-state index is 0. The van der Waals surface area contributed by atoms with E-state index in [1.165, 1.54) is 0 Å². The second-order valence-corrected chi connectivity index (χ2v) is 7.02. The fraction of sp³-hybridized carbons (Fsp3) is 0.208. The summed E-state index contributed by atoms with van der Waals surface area (Å²) in [5.41, 5.74) is 3.07. The molecule has 166 valence electrons. The van der Waals surface area contributed by atoms with Crippen LogP contribution in [0.3, 0.4) is 0 Å². The number of aliphatic imine (C=N–C) groups is 1. The van der Waals surface area contributed by atoms with Crippen LogP contribution in [0.1, 0.15) is 23.9 Å². The first-order valence-electron chi connectivity index (χ1n) is 10.4. The van der Waals surface area contributed by atoms with Gasteiger partial charge in [0.1, 0.15) is 12.4 Å². The largest absolute Gasteiger partial charge is 0.489 e. The Hall–Kier alpha value is -3.14. The van der Waals surface area contributed by atoms with Gasteiger partial charge < -0.3 is 15.4 Å². The second-order valence-electron chi connectivity index (χ2n) is 7.02. The number of nitrogens with zero attached hydrogens (tertiary/aromatic N) is 4. The molecule has 32 heavy (non-hydrogen) atoms. The van der Waals surface area contributed by atoms with Gasteiger partial charge in [0, 0.05) is 12.7 Å². The lowest BCUT2D eigenvalue weighted by molar-refractivity contribution is 0.306. The number of nitrogens with one attached hydrogen (secondary N) is 2. The Morgan fingerprint density at radius 1 is 0.938 bits per heavy atom. The normalized spacial score (nSPS) is 11.1. The lowest BCUT2D eigenvalue weighted by atomic mass is 10.1. The Bertz CT molecular complexity index is 1150. The van der Waals surface area contributed by atoms with Gasteiger partial charge in [-0.3, -0.25) is 4.40 Å². The van der Waals surface area contributed by atoms with E-state index in [2.05, 4.69) is 39.0 Å². The molecule has 4 aromatic rings. The van der Waals surface area contributed by atoms with E-state index in [-0.39, 0.29) is 24.0 Å². The zero-order valence-corrected chi connectivity index (χ0v) is 20.3. The molecule has 7 nitrogen and oxygen atoms in total. The van der Waals surface area contributed by atoms with Crippen molar-refractivity contribution in [3.63, 3.8) is 0 Å². The summed E-state index contributed by atoms with van der Waals surface area (Å²) in [7, 11) is 0. The molecule has 2 N–H and O–H groups in total. The molecular weight excluding hydrogens is 515 g/mol. The quantitative estimate of drug-likeness (QED) is 0.199. The van der Waals surface area contributed by atoms with Gasteiger partial charge in [-0.25, -0.2) is 4.99 Å². The van der Waals surface area contributed by atoms with Gasteiger partial charge >= 0.3 is 0 Å². The molecular formula is C24H27IN6O. The number of aromatic nitrogens is 3. The maximum Gasteiger partial charge on any atom is 0.191 e. The topological polar surface area (TPSA) is 75.8 Å². The second kappa shape index (κ2) is 12.0. The van der Waals surface area contributed by atoms with Gasteiger partial charge in [-0.1, -0.05) is 48.5 Å². The number of hydrogen-bond donors (Lipinski definition) is 2. The molecule has 8 heteroatoms. The molecule has 0 aliphatic carbocycles. The summed E-state index contributed by atoms with van der Waals surface area (Å²) in [6.07, 6.45) is 1.96. The average Bonchev–Trinajstić information content (AvgIpc) is 3.24. The number of benzene rings is 2. The molecule has 0 spiro atoms. The van der Waals surface area contributed by atoms with Crippen molar-refractivity contribution < 1.29 is 4.74 Å². The summed E-state index contributed by atoms with van der Waals surface area (Å²) in [5, 5.41) is 15.1. The monoisotopic (exact) mass is 542 g/mol. The van der Waals surface area contributed by atoms with Crippen LogP contribution in [-0.2, 0) is 19.7 Å². The summed E-state index contributed by atoms with van der Waals surface area (Å²) < 4.78 is 7.82. The van der Waals surface area contributed by atoms with Gasteiger partial charge in [0.25, 0.3) is 0 Å². The fourth-order valence-corrected chi connectivity index (χ4v) is 3.19. The van der Waals surface area contributed by atoms with Gasteiger partial charge in [-0.05, 0) is 42.3 Å². The first-order valence-corrected chi connectivity index (χ1v) is 10.4. The van der Waals surface area contributed by atoms with E-state index in [1.807, 2.05) is 72.1 Å². The van der Waals surface area contributed by atoms with Crippen LogP contribution in [0.4, 0.5) is 0 Å². The molecule has 0 saturated heterocycles. The molecule has 0 amide bonds. The zero-order valence-electron chi connectivity index (χ0n) is 17.9. The van der Waals surface area contributed by atoms with E-state index in [0.29, 0.717) is 19.7 Å². The highest BCUT2D eigenvalue weighted by Crippen LogP contribution is 2.13. The van der Waals surface area contributed by atoms with Crippen LogP contribution in [0.25, 0.3) is 5.65 Å². The molecule has 0 aliphatic heterocycles. The average molecular weight is 542 g/mol. The van der Waals surface area contributed by atoms with E-state index in [4.69, 9.17) is 9.73 Å². The summed E-state index contributed by atoms with van der Waals surface area (Å²) in [5.74, 6) is 2.44. The molecule has 0 radical (unpaired) electrons. The summed E-state index contributed by atoms with van der Waals surface area (Å²) in [6, 6.07) is 24.0. The Labute approximate surface area is 205 Å². The number of guanidine groups is 1. The van der Waals surface area contributed by atoms with Crippen molar-refractivity contribution in [3.8, 4) is 5.75 Å². The van der Waals surface area contributed by atoms with E-state index in [9.17, 15) is 0 Å². The molecule has 2 aromatic carbocycles. The lowest BCUT2D eigenvalue weighted by Gasteiger charge is -2.11. The third-order valence-corrected chi connectivity index (χ3v) is 4.70. The Morgan fingerprint density at radius 3 is 2.59 bits per heavy atom. The van der Waals surface area contributed by atoms with Crippen molar-refractivity contribution in [2.45, 2.75) is 26.6 Å². The van der Waals surface area contributed by atoms with Crippen LogP contribution in [-0.4, -0.2) is 27.1 Å². The van der Waals surface area contributed by atoms with Crippen LogP contribution in [0.2, 0.25) is 0 Å². The number of pyridine rings is 1. The Balaban J connectivity index is 0.00000289. The summed E-state index contributed by atoms with van der Waals surface area (Å²) in [4.78, 5) is 4.72. The number of ether oxygens (including phenoxy) is 1. The van der Waals surface area contributed by atoms with E-state index in [1.54, 1.807) is 0 Å². The SMILES string of the molecule is CCNC(=NCc1cccc(COc2ccccc2)c1)NCc1nnc2ccccn12.I. The molecule has 0 fully saturated rings. The lowest BCUT2D eigenvalue weighted by Crippen LogP contribution is -2.37. The zero-order chi connectivity index (χ0) is 21.3. The van der Waals surface area contributed by atoms with Gasteiger partial charge in [-0.15, -0.1) is 34.2 Å². The Morgan fingerprint density at radius 2 is 1.75 bits per heavy atom. The number of para-hydroxylation sites is 1. The standard InChI is InChI=1S/C24H26N6O.HI/c1-2-25-24(27-17-23-29-28-22-13-6-7-14-30(22)23)26-16-19-9-8-10-20(15-19)18-31-21-11-4-3-5-12-21;/h3-15H,2,16-18H2,1H3,(H2,25,26,27);1H. The third-order valence-electron chi connectivity index (χ3n) is 4.70. The van der Waals surface area contributed by atoms with Gasteiger partial charge in [0.05, 0.1) is 13.1 Å². The molecule has 0 atom stereocenters. The van der Waals surface area contributed by atoms with Crippen molar-refractivity contribution in [1.29, 1.82) is 0 Å². The molecule has 2 heterocycles. The van der Waals surface area contributed by atoms with E-state index >= 15 is 0 Å². The van der Waals surface area contributed by atoms with Crippen LogP contribution in [0.15, 0.2) is 84.0 Å². The molecule has 0 unspecified atom stereocenters. The highest BCUT2D eigenvalue weighted by molar-refractivity contribution is 14.0. The predicted octanol–water partition coefficient (Wildman–Crippen LogP) is 4.18. The molecule has 4 rings (SSSR count). The molecule has 0 bridgehead atoms. The van der Waals surface area contributed by atoms with Gasteiger partial charge in [-0.2, -0.15) is 0 Å². The number of halogens is 1. The highest BCUT2D eigenvalue weighted by Gasteiger charge is 2.06. The Kier molecular flexibility index (Phi) is 8.85. The van der Waals surface area contributed by atoms with Crippen LogP contribution in [0.5, 0.6) is 5.75 Å². The third kappa shape index (κ3) is 6.43. The molecule has 2 aromatic heterocycles. The maximum atomic E-state index is 5.85. The van der Waals surface area contributed by atoms with Crippen LogP contribution < -0.4 is 15.4 Å². The van der Waals surface area contributed by atoms with Crippen molar-refractivity contribution in [1.82, 2.24) is 25.2 Å². The maximum absolute atomic E-state index is 5.85. The number of rotatable bonds is 8. The number of fused-ring (bicyclic) bond motifs is 1. The van der Waals surface area contributed by atoms with Crippen LogP contribution >= 0.6 is 24.0 Å². The summed E-state index contributed by atoms with van der Waals surface area (Å²) >= 11 is 0. The van der Waals surface area contributed by atoms with Crippen molar-refractivity contribution in [2.75, 3.05) is 6.54 Å². The van der Waals surface area contributed by atoms with Gasteiger partial charge in [0.2, 0.25) is 0 Å².